The van der Waals surface area contributed by atoms with Crippen molar-refractivity contribution in [3.05, 3.63) is 89.0 Å². The van der Waals surface area contributed by atoms with Crippen LogP contribution in [0.3, 0.4) is 0 Å². The molecule has 1 aliphatic rings. The summed E-state index contributed by atoms with van der Waals surface area (Å²) in [6.07, 6.45) is 3.17. The molecule has 0 unspecified atom stereocenters. The van der Waals surface area contributed by atoms with Gasteiger partial charge in [-0.2, -0.15) is 10.5 Å². The Morgan fingerprint density at radius 3 is 2.31 bits per heavy atom. The van der Waals surface area contributed by atoms with Crippen molar-refractivity contribution in [2.75, 3.05) is 13.1 Å². The fraction of sp³-hybridized carbons (Fsp3) is 0.276. The van der Waals surface area contributed by atoms with Crippen molar-refractivity contribution >= 4 is 5.91 Å². The van der Waals surface area contributed by atoms with Gasteiger partial charge in [0.25, 0.3) is 5.91 Å². The molecule has 0 atom stereocenters. The smallest absolute Gasteiger partial charge is 0.254 e. The van der Waals surface area contributed by atoms with Crippen molar-refractivity contribution in [3.63, 3.8) is 0 Å². The van der Waals surface area contributed by atoms with Crippen LogP contribution in [-0.4, -0.2) is 23.9 Å². The molecular formula is C29H27N3O3. The number of nitrogens with zero attached hydrogens (tertiary/aromatic N) is 3. The molecule has 6 nitrogen and oxygen atoms in total. The second kappa shape index (κ2) is 11.2. The summed E-state index contributed by atoms with van der Waals surface area (Å²) in [6, 6.07) is 23.5. The first-order valence-electron chi connectivity index (χ1n) is 11.8. The van der Waals surface area contributed by atoms with Gasteiger partial charge in [-0.3, -0.25) is 4.79 Å². The number of carbonyl (C=O) groups excluding carboxylic acids is 1. The highest BCUT2D eigenvalue weighted by molar-refractivity contribution is 5.95. The van der Waals surface area contributed by atoms with E-state index in [0.717, 1.165) is 37.9 Å². The first kappa shape index (κ1) is 23.9. The first-order chi connectivity index (χ1) is 17.1. The fourth-order valence-electron chi connectivity index (χ4n) is 4.20. The van der Waals surface area contributed by atoms with Crippen LogP contribution in [0.2, 0.25) is 0 Å². The zero-order chi connectivity index (χ0) is 24.6. The van der Waals surface area contributed by atoms with Crippen LogP contribution >= 0.6 is 0 Å². The van der Waals surface area contributed by atoms with E-state index in [1.54, 1.807) is 54.6 Å². The Kier molecular flexibility index (Phi) is 7.65. The zero-order valence-corrected chi connectivity index (χ0v) is 19.7. The maximum atomic E-state index is 13.3. The van der Waals surface area contributed by atoms with Gasteiger partial charge in [0.1, 0.15) is 23.9 Å². The number of hydrogen-bond donors (Lipinski definition) is 0. The van der Waals surface area contributed by atoms with Gasteiger partial charge >= 0.3 is 0 Å². The van der Waals surface area contributed by atoms with Crippen molar-refractivity contribution in [3.8, 4) is 29.4 Å². The van der Waals surface area contributed by atoms with E-state index in [-0.39, 0.29) is 12.5 Å². The first-order valence-corrected chi connectivity index (χ1v) is 11.8. The third-order valence-corrected chi connectivity index (χ3v) is 6.29. The van der Waals surface area contributed by atoms with Crippen molar-refractivity contribution in [2.24, 2.45) is 5.92 Å². The van der Waals surface area contributed by atoms with Gasteiger partial charge in [0.2, 0.25) is 0 Å². The fourth-order valence-corrected chi connectivity index (χ4v) is 4.20. The van der Waals surface area contributed by atoms with Crippen LogP contribution in [0.15, 0.2) is 66.7 Å². The predicted octanol–water partition coefficient (Wildman–Crippen LogP) is 6.06. The topological polar surface area (TPSA) is 86.3 Å². The number of amides is 1. The molecular weight excluding hydrogens is 438 g/mol. The molecule has 0 radical (unpaired) electrons. The van der Waals surface area contributed by atoms with E-state index in [2.05, 4.69) is 19.1 Å². The van der Waals surface area contributed by atoms with E-state index in [9.17, 15) is 4.79 Å². The van der Waals surface area contributed by atoms with Gasteiger partial charge in [-0.05, 0) is 72.9 Å². The average Bonchev–Trinajstić information content (AvgIpc) is 2.92. The van der Waals surface area contributed by atoms with Crippen molar-refractivity contribution in [1.29, 1.82) is 10.5 Å². The molecule has 0 bridgehead atoms. The lowest BCUT2D eigenvalue weighted by Crippen LogP contribution is -2.38. The maximum Gasteiger partial charge on any atom is 0.254 e. The number of rotatable bonds is 7. The van der Waals surface area contributed by atoms with Crippen molar-refractivity contribution in [2.45, 2.75) is 32.8 Å². The molecule has 0 aliphatic carbocycles. The molecule has 6 heteroatoms. The lowest BCUT2D eigenvalue weighted by Gasteiger charge is -2.31. The summed E-state index contributed by atoms with van der Waals surface area (Å²) < 4.78 is 12.0. The van der Waals surface area contributed by atoms with E-state index < -0.39 is 0 Å². The highest BCUT2D eigenvalue weighted by Gasteiger charge is 2.23. The maximum absolute atomic E-state index is 13.3. The molecule has 0 saturated carbocycles. The minimum Gasteiger partial charge on any atom is -0.489 e. The SMILES string of the molecule is CCC1CCN(C(=O)c2cc(OCc3cccc(C#N)c3)cc(Oc3ccc(C#N)cc3)c2)CC1. The number of likely N-dealkylation sites (tertiary alicyclic amines) is 1. The monoisotopic (exact) mass is 465 g/mol. The molecule has 3 aromatic rings. The largest absolute Gasteiger partial charge is 0.489 e. The number of ether oxygens (including phenoxy) is 2. The number of carbonyl (C=O) groups is 1. The lowest BCUT2D eigenvalue weighted by atomic mass is 9.94. The van der Waals surface area contributed by atoms with E-state index in [1.807, 2.05) is 17.0 Å². The summed E-state index contributed by atoms with van der Waals surface area (Å²) >= 11 is 0. The van der Waals surface area contributed by atoms with Gasteiger partial charge in [-0.25, -0.2) is 0 Å². The molecule has 4 rings (SSSR count). The Labute approximate surface area is 205 Å². The Balaban J connectivity index is 1.57. The van der Waals surface area contributed by atoms with Gasteiger partial charge in [-0.15, -0.1) is 0 Å². The van der Waals surface area contributed by atoms with Gasteiger partial charge in [0.15, 0.2) is 0 Å². The molecule has 1 aliphatic heterocycles. The van der Waals surface area contributed by atoms with E-state index >= 15 is 0 Å². The van der Waals surface area contributed by atoms with Crippen molar-refractivity contribution < 1.29 is 14.3 Å². The summed E-state index contributed by atoms with van der Waals surface area (Å²) in [5.74, 6) is 2.18. The molecule has 0 spiro atoms. The summed E-state index contributed by atoms with van der Waals surface area (Å²) in [7, 11) is 0. The second-order valence-corrected chi connectivity index (χ2v) is 8.68. The van der Waals surface area contributed by atoms with Crippen LogP contribution in [0.1, 0.15) is 53.2 Å². The summed E-state index contributed by atoms with van der Waals surface area (Å²) in [5.41, 5.74) is 2.47. The predicted molar refractivity (Wildman–Crippen MR) is 132 cm³/mol. The van der Waals surface area contributed by atoms with Gasteiger partial charge in [-0.1, -0.05) is 25.5 Å². The van der Waals surface area contributed by atoms with Crippen molar-refractivity contribution in [1.82, 2.24) is 4.90 Å². The quantitative estimate of drug-likeness (QED) is 0.423. The number of benzene rings is 3. The summed E-state index contributed by atoms with van der Waals surface area (Å²) in [6.45, 7) is 3.94. The second-order valence-electron chi connectivity index (χ2n) is 8.68. The lowest BCUT2D eigenvalue weighted by molar-refractivity contribution is 0.0688. The number of nitriles is 2. The Morgan fingerprint density at radius 2 is 1.63 bits per heavy atom. The Morgan fingerprint density at radius 1 is 0.914 bits per heavy atom. The summed E-state index contributed by atoms with van der Waals surface area (Å²) in [4.78, 5) is 15.2. The van der Waals surface area contributed by atoms with E-state index in [4.69, 9.17) is 20.0 Å². The van der Waals surface area contributed by atoms with Gasteiger partial charge in [0.05, 0.1) is 23.3 Å². The minimum atomic E-state index is -0.0406. The van der Waals surface area contributed by atoms with Gasteiger partial charge < -0.3 is 14.4 Å². The zero-order valence-electron chi connectivity index (χ0n) is 19.7. The highest BCUT2D eigenvalue weighted by atomic mass is 16.5. The summed E-state index contributed by atoms with van der Waals surface area (Å²) in [5, 5.41) is 18.2. The van der Waals surface area contributed by atoms with Crippen LogP contribution in [0, 0.1) is 28.6 Å². The van der Waals surface area contributed by atoms with Gasteiger partial charge in [0, 0.05) is 24.7 Å². The molecule has 0 aromatic heterocycles. The van der Waals surface area contributed by atoms with Crippen LogP contribution in [0.5, 0.6) is 17.2 Å². The number of hydrogen-bond acceptors (Lipinski definition) is 5. The van der Waals surface area contributed by atoms with E-state index in [1.165, 1.54) is 0 Å². The van der Waals surface area contributed by atoms with E-state index in [0.29, 0.717) is 39.9 Å². The third-order valence-electron chi connectivity index (χ3n) is 6.29. The average molecular weight is 466 g/mol. The molecule has 1 heterocycles. The standard InChI is InChI=1S/C29H27N3O3/c1-2-21-10-12-32(13-11-21)29(33)25-15-27(34-20-24-5-3-4-23(14-24)19-31)17-28(16-25)35-26-8-6-22(18-30)7-9-26/h3-9,14-17,21H,2,10-13,20H2,1H3. The molecule has 1 saturated heterocycles. The van der Waals surface area contributed by atoms with Crippen LogP contribution in [0.25, 0.3) is 0 Å². The minimum absolute atomic E-state index is 0.0406. The number of piperidine rings is 1. The molecule has 1 fully saturated rings. The van der Waals surface area contributed by atoms with Crippen LogP contribution < -0.4 is 9.47 Å². The Bertz CT molecular complexity index is 1260. The normalized spacial score (nSPS) is 13.5. The molecule has 1 amide bonds. The molecule has 0 N–H and O–H groups in total. The highest BCUT2D eigenvalue weighted by Crippen LogP contribution is 2.30. The molecule has 176 valence electrons. The molecule has 3 aromatic carbocycles. The van der Waals surface area contributed by atoms with Crippen LogP contribution in [-0.2, 0) is 6.61 Å². The Hall–Kier alpha value is -4.29. The third kappa shape index (κ3) is 6.19. The van der Waals surface area contributed by atoms with Crippen LogP contribution in [0.4, 0.5) is 0 Å². The molecule has 35 heavy (non-hydrogen) atoms.